The third kappa shape index (κ3) is 3.37. The Hall–Kier alpha value is -1.99. The quantitative estimate of drug-likeness (QED) is 0.642. The summed E-state index contributed by atoms with van der Waals surface area (Å²) in [5.41, 5.74) is 0. The molecule has 0 radical (unpaired) electrons. The van der Waals surface area contributed by atoms with Crippen LogP contribution < -0.4 is 24.8 Å². The zero-order valence-corrected chi connectivity index (χ0v) is 11.5. The molecule has 1 aromatic rings. The SMILES string of the molecule is O=C(NCCOc1ccc2c(c1)OCO2)[C@H]1C[C@@H](O)CN1. The van der Waals surface area contributed by atoms with Crippen LogP contribution in [0.15, 0.2) is 18.2 Å². The van der Waals surface area contributed by atoms with Crippen LogP contribution in [-0.2, 0) is 4.79 Å². The van der Waals surface area contributed by atoms with Gasteiger partial charge in [0.15, 0.2) is 11.5 Å². The van der Waals surface area contributed by atoms with Crippen molar-refractivity contribution in [2.45, 2.75) is 18.6 Å². The molecule has 2 aliphatic rings. The minimum absolute atomic E-state index is 0.110. The van der Waals surface area contributed by atoms with Crippen LogP contribution in [0, 0.1) is 0 Å². The van der Waals surface area contributed by atoms with Crippen LogP contribution in [0.3, 0.4) is 0 Å². The second-order valence-electron chi connectivity index (χ2n) is 5.00. The second kappa shape index (κ2) is 6.19. The zero-order chi connectivity index (χ0) is 14.7. The first-order chi connectivity index (χ1) is 10.2. The van der Waals surface area contributed by atoms with Gasteiger partial charge < -0.3 is 30.0 Å². The summed E-state index contributed by atoms with van der Waals surface area (Å²) in [6, 6.07) is 5.04. The summed E-state index contributed by atoms with van der Waals surface area (Å²) in [6.45, 7) is 1.46. The summed E-state index contributed by atoms with van der Waals surface area (Å²) in [6.07, 6.45) is 0.0140. The lowest BCUT2D eigenvalue weighted by Gasteiger charge is -2.11. The highest BCUT2D eigenvalue weighted by atomic mass is 16.7. The first-order valence-corrected chi connectivity index (χ1v) is 6.94. The average molecular weight is 294 g/mol. The molecule has 0 aromatic heterocycles. The number of carbonyl (C=O) groups excluding carboxylic acids is 1. The maximum atomic E-state index is 11.8. The van der Waals surface area contributed by atoms with E-state index < -0.39 is 6.10 Å². The van der Waals surface area contributed by atoms with Gasteiger partial charge in [-0.05, 0) is 18.6 Å². The van der Waals surface area contributed by atoms with Crippen molar-refractivity contribution < 1.29 is 24.1 Å². The number of hydrogen-bond donors (Lipinski definition) is 3. The molecule has 7 nitrogen and oxygen atoms in total. The van der Waals surface area contributed by atoms with E-state index in [2.05, 4.69) is 10.6 Å². The molecule has 2 atom stereocenters. The van der Waals surface area contributed by atoms with Crippen LogP contribution in [0.25, 0.3) is 0 Å². The summed E-state index contributed by atoms with van der Waals surface area (Å²) in [5, 5.41) is 15.1. The maximum Gasteiger partial charge on any atom is 0.237 e. The van der Waals surface area contributed by atoms with Crippen molar-refractivity contribution in [3.63, 3.8) is 0 Å². The Morgan fingerprint density at radius 1 is 1.43 bits per heavy atom. The molecule has 21 heavy (non-hydrogen) atoms. The van der Waals surface area contributed by atoms with Crippen LogP contribution in [-0.4, -0.2) is 49.6 Å². The molecule has 1 saturated heterocycles. The van der Waals surface area contributed by atoms with E-state index in [4.69, 9.17) is 14.2 Å². The summed E-state index contributed by atoms with van der Waals surface area (Å²) in [4.78, 5) is 11.8. The predicted octanol–water partition coefficient (Wildman–Crippen LogP) is -0.367. The lowest BCUT2D eigenvalue weighted by molar-refractivity contribution is -0.123. The van der Waals surface area contributed by atoms with Gasteiger partial charge in [0, 0.05) is 12.6 Å². The smallest absolute Gasteiger partial charge is 0.237 e. The van der Waals surface area contributed by atoms with E-state index in [1.165, 1.54) is 0 Å². The fourth-order valence-corrected chi connectivity index (χ4v) is 2.35. The average Bonchev–Trinajstić information content (AvgIpc) is 3.11. The molecular weight excluding hydrogens is 276 g/mol. The molecule has 0 aliphatic carbocycles. The molecule has 7 heteroatoms. The van der Waals surface area contributed by atoms with Gasteiger partial charge in [0.2, 0.25) is 12.7 Å². The second-order valence-corrected chi connectivity index (χ2v) is 5.00. The molecule has 1 amide bonds. The van der Waals surface area contributed by atoms with Crippen molar-refractivity contribution in [3.8, 4) is 17.2 Å². The third-order valence-electron chi connectivity index (χ3n) is 3.44. The monoisotopic (exact) mass is 294 g/mol. The number of fused-ring (bicyclic) bond motifs is 1. The summed E-state index contributed by atoms with van der Waals surface area (Å²) >= 11 is 0. The molecule has 2 aliphatic heterocycles. The number of aliphatic hydroxyl groups is 1. The van der Waals surface area contributed by atoms with Gasteiger partial charge in [0.25, 0.3) is 0 Å². The number of nitrogens with one attached hydrogen (secondary N) is 2. The van der Waals surface area contributed by atoms with Crippen LogP contribution in [0.2, 0.25) is 0 Å². The van der Waals surface area contributed by atoms with Crippen molar-refractivity contribution in [2.75, 3.05) is 26.5 Å². The highest BCUT2D eigenvalue weighted by Crippen LogP contribution is 2.34. The van der Waals surface area contributed by atoms with Crippen LogP contribution in [0.5, 0.6) is 17.2 Å². The molecule has 3 rings (SSSR count). The Morgan fingerprint density at radius 3 is 3.10 bits per heavy atom. The normalized spacial score (nSPS) is 23.1. The standard InChI is InChI=1S/C14H18N2O5/c17-9-5-11(16-7-9)14(18)15-3-4-19-10-1-2-12-13(6-10)21-8-20-12/h1-2,6,9,11,16-17H,3-5,7-8H2,(H,15,18)/t9-,11-/m1/s1. The summed E-state index contributed by atoms with van der Waals surface area (Å²) < 4.78 is 16.0. The first kappa shape index (κ1) is 14.0. The van der Waals surface area contributed by atoms with Crippen molar-refractivity contribution in [2.24, 2.45) is 0 Å². The summed E-state index contributed by atoms with van der Waals surface area (Å²) in [7, 11) is 0. The minimum Gasteiger partial charge on any atom is -0.492 e. The largest absolute Gasteiger partial charge is 0.492 e. The van der Waals surface area contributed by atoms with Gasteiger partial charge in [0.1, 0.15) is 12.4 Å². The molecule has 0 unspecified atom stereocenters. The molecule has 1 fully saturated rings. The molecule has 2 heterocycles. The Morgan fingerprint density at radius 2 is 2.29 bits per heavy atom. The Bertz CT molecular complexity index is 522. The lowest BCUT2D eigenvalue weighted by Crippen LogP contribution is -2.41. The molecule has 114 valence electrons. The number of rotatable bonds is 5. The van der Waals surface area contributed by atoms with Gasteiger partial charge >= 0.3 is 0 Å². The van der Waals surface area contributed by atoms with E-state index in [0.717, 1.165) is 0 Å². The number of amides is 1. The molecule has 1 aromatic carbocycles. The van der Waals surface area contributed by atoms with Gasteiger partial charge in [0.05, 0.1) is 18.7 Å². The Labute approximate surface area is 122 Å². The lowest BCUT2D eigenvalue weighted by atomic mass is 10.2. The number of β-amino-alcohol motifs (C(OH)–C–C–N with tert-alkyl or cyclic N) is 1. The topological polar surface area (TPSA) is 89.1 Å². The number of benzene rings is 1. The maximum absolute atomic E-state index is 11.8. The van der Waals surface area contributed by atoms with Gasteiger partial charge in [-0.2, -0.15) is 0 Å². The van der Waals surface area contributed by atoms with E-state index in [-0.39, 0.29) is 18.7 Å². The van der Waals surface area contributed by atoms with E-state index in [1.54, 1.807) is 18.2 Å². The van der Waals surface area contributed by atoms with E-state index >= 15 is 0 Å². The van der Waals surface area contributed by atoms with Gasteiger partial charge in [-0.1, -0.05) is 0 Å². The first-order valence-electron chi connectivity index (χ1n) is 6.94. The van der Waals surface area contributed by atoms with Crippen LogP contribution >= 0.6 is 0 Å². The van der Waals surface area contributed by atoms with Gasteiger partial charge in [-0.25, -0.2) is 0 Å². The fraction of sp³-hybridized carbons (Fsp3) is 0.500. The Balaban J connectivity index is 1.39. The van der Waals surface area contributed by atoms with E-state index in [1.807, 2.05) is 0 Å². The van der Waals surface area contributed by atoms with Crippen LogP contribution in [0.1, 0.15) is 6.42 Å². The molecule has 3 N–H and O–H groups in total. The van der Waals surface area contributed by atoms with Crippen molar-refractivity contribution in [1.29, 1.82) is 0 Å². The van der Waals surface area contributed by atoms with Gasteiger partial charge in [-0.15, -0.1) is 0 Å². The van der Waals surface area contributed by atoms with E-state index in [9.17, 15) is 9.90 Å². The van der Waals surface area contributed by atoms with Crippen molar-refractivity contribution in [3.05, 3.63) is 18.2 Å². The minimum atomic E-state index is -0.439. The molecule has 0 saturated carbocycles. The predicted molar refractivity (Wildman–Crippen MR) is 73.5 cm³/mol. The van der Waals surface area contributed by atoms with Crippen molar-refractivity contribution >= 4 is 5.91 Å². The third-order valence-corrected chi connectivity index (χ3v) is 3.44. The van der Waals surface area contributed by atoms with Crippen molar-refractivity contribution in [1.82, 2.24) is 10.6 Å². The highest BCUT2D eigenvalue weighted by molar-refractivity contribution is 5.82. The number of hydrogen-bond acceptors (Lipinski definition) is 6. The highest BCUT2D eigenvalue weighted by Gasteiger charge is 2.27. The zero-order valence-electron chi connectivity index (χ0n) is 11.5. The number of aliphatic hydroxyl groups excluding tert-OH is 1. The molecule has 0 bridgehead atoms. The van der Waals surface area contributed by atoms with Crippen LogP contribution in [0.4, 0.5) is 0 Å². The number of ether oxygens (including phenoxy) is 3. The number of carbonyl (C=O) groups is 1. The van der Waals surface area contributed by atoms with E-state index in [0.29, 0.717) is 43.4 Å². The van der Waals surface area contributed by atoms with Gasteiger partial charge in [-0.3, -0.25) is 4.79 Å². The fourth-order valence-electron chi connectivity index (χ4n) is 2.35. The molecular formula is C14H18N2O5. The summed E-state index contributed by atoms with van der Waals surface area (Å²) in [5.74, 6) is 1.94. The molecule has 0 spiro atoms. The Kier molecular flexibility index (Phi) is 4.12.